The average Bonchev–Trinajstić information content (AvgIpc) is 3.03. The fraction of sp³-hybridized carbons (Fsp3) is 0.708. The van der Waals surface area contributed by atoms with Crippen LogP contribution < -0.4 is 5.32 Å². The first-order valence-electron chi connectivity index (χ1n) is 11.5. The van der Waals surface area contributed by atoms with Crippen LogP contribution in [0.3, 0.4) is 0 Å². The van der Waals surface area contributed by atoms with Gasteiger partial charge in [0.1, 0.15) is 0 Å². The predicted octanol–water partition coefficient (Wildman–Crippen LogP) is 4.50. The normalized spacial score (nSPS) is 19.1. The highest BCUT2D eigenvalue weighted by Gasteiger charge is 2.15. The van der Waals surface area contributed by atoms with Gasteiger partial charge in [-0.25, -0.2) is 0 Å². The molecule has 0 saturated carbocycles. The van der Waals surface area contributed by atoms with Gasteiger partial charge in [-0.2, -0.15) is 0 Å². The minimum Gasteiger partial charge on any atom is -0.381 e. The smallest absolute Gasteiger partial charge is 0.193 e. The van der Waals surface area contributed by atoms with Gasteiger partial charge in [0.2, 0.25) is 0 Å². The number of nitrogens with zero attached hydrogens (tertiary/aromatic N) is 3. The zero-order valence-electron chi connectivity index (χ0n) is 18.9. The minimum absolute atomic E-state index is 0. The van der Waals surface area contributed by atoms with E-state index in [0.29, 0.717) is 0 Å². The fourth-order valence-electron chi connectivity index (χ4n) is 4.40. The SMILES string of the molecule is CN=C(NCc1ccc(CN2CCCCCC2)cc1)N(C)CCC1CCOCC1.I. The molecule has 2 heterocycles. The molecule has 30 heavy (non-hydrogen) atoms. The van der Waals surface area contributed by atoms with Gasteiger partial charge in [-0.15, -0.1) is 24.0 Å². The van der Waals surface area contributed by atoms with Crippen LogP contribution in [0, 0.1) is 5.92 Å². The van der Waals surface area contributed by atoms with Crippen molar-refractivity contribution in [1.82, 2.24) is 15.1 Å². The summed E-state index contributed by atoms with van der Waals surface area (Å²) in [5, 5.41) is 3.52. The van der Waals surface area contributed by atoms with E-state index in [1.54, 1.807) is 0 Å². The molecule has 0 amide bonds. The lowest BCUT2D eigenvalue weighted by Gasteiger charge is -2.27. The second kappa shape index (κ2) is 14.2. The maximum Gasteiger partial charge on any atom is 0.193 e. The van der Waals surface area contributed by atoms with Crippen molar-refractivity contribution in [2.75, 3.05) is 46.9 Å². The average molecular weight is 529 g/mol. The molecule has 2 aliphatic rings. The standard InChI is InChI=1S/C24H40N4O.HI/c1-25-24(27(2)16-11-21-12-17-29-18-13-21)26-19-22-7-9-23(10-8-22)20-28-14-5-3-4-6-15-28;/h7-10,21H,3-6,11-20H2,1-2H3,(H,25,26);1H. The molecule has 1 N–H and O–H groups in total. The fourth-order valence-corrected chi connectivity index (χ4v) is 4.40. The number of benzene rings is 1. The van der Waals surface area contributed by atoms with Crippen LogP contribution in [0.1, 0.15) is 56.1 Å². The Bertz CT molecular complexity index is 608. The van der Waals surface area contributed by atoms with Crippen molar-refractivity contribution < 1.29 is 4.74 Å². The summed E-state index contributed by atoms with van der Waals surface area (Å²) in [6.45, 7) is 7.30. The Labute approximate surface area is 200 Å². The van der Waals surface area contributed by atoms with Crippen molar-refractivity contribution in [2.24, 2.45) is 10.9 Å². The number of guanidine groups is 1. The molecule has 5 nitrogen and oxygen atoms in total. The lowest BCUT2D eigenvalue weighted by atomic mass is 9.96. The molecule has 6 heteroatoms. The van der Waals surface area contributed by atoms with Crippen LogP contribution in [0.4, 0.5) is 0 Å². The number of hydrogen-bond acceptors (Lipinski definition) is 3. The number of likely N-dealkylation sites (tertiary alicyclic amines) is 1. The molecule has 2 fully saturated rings. The summed E-state index contributed by atoms with van der Waals surface area (Å²) >= 11 is 0. The van der Waals surface area contributed by atoms with E-state index in [-0.39, 0.29) is 24.0 Å². The van der Waals surface area contributed by atoms with E-state index >= 15 is 0 Å². The summed E-state index contributed by atoms with van der Waals surface area (Å²) in [7, 11) is 4.01. The first-order chi connectivity index (χ1) is 14.2. The lowest BCUT2D eigenvalue weighted by Crippen LogP contribution is -2.39. The van der Waals surface area contributed by atoms with Crippen LogP contribution in [-0.4, -0.2) is 62.7 Å². The van der Waals surface area contributed by atoms with Gasteiger partial charge in [0.15, 0.2) is 5.96 Å². The van der Waals surface area contributed by atoms with E-state index in [9.17, 15) is 0 Å². The second-order valence-corrected chi connectivity index (χ2v) is 8.67. The summed E-state index contributed by atoms with van der Waals surface area (Å²) in [5.74, 6) is 1.77. The van der Waals surface area contributed by atoms with Crippen LogP contribution in [0.25, 0.3) is 0 Å². The number of aliphatic imine (C=N–C) groups is 1. The van der Waals surface area contributed by atoms with Crippen LogP contribution in [0.5, 0.6) is 0 Å². The summed E-state index contributed by atoms with van der Waals surface area (Å²) in [4.78, 5) is 9.33. The third-order valence-electron chi connectivity index (χ3n) is 6.37. The molecule has 170 valence electrons. The number of nitrogens with one attached hydrogen (secondary N) is 1. The number of ether oxygens (including phenoxy) is 1. The molecular formula is C24H41IN4O. The van der Waals surface area contributed by atoms with E-state index in [1.165, 1.54) is 69.2 Å². The molecule has 1 aromatic carbocycles. The first kappa shape index (κ1) is 25.4. The van der Waals surface area contributed by atoms with Crippen molar-refractivity contribution in [3.63, 3.8) is 0 Å². The maximum absolute atomic E-state index is 5.47. The van der Waals surface area contributed by atoms with E-state index in [2.05, 4.69) is 51.4 Å². The Hall–Kier alpha value is -0.860. The maximum atomic E-state index is 5.47. The third-order valence-corrected chi connectivity index (χ3v) is 6.37. The zero-order valence-corrected chi connectivity index (χ0v) is 21.3. The van der Waals surface area contributed by atoms with E-state index in [4.69, 9.17) is 4.74 Å². The van der Waals surface area contributed by atoms with Crippen molar-refractivity contribution in [3.8, 4) is 0 Å². The quantitative estimate of drug-likeness (QED) is 0.322. The van der Waals surface area contributed by atoms with Gasteiger partial charge in [-0.05, 0) is 62.2 Å². The minimum atomic E-state index is 0. The van der Waals surface area contributed by atoms with Gasteiger partial charge in [-0.3, -0.25) is 9.89 Å². The summed E-state index contributed by atoms with van der Waals surface area (Å²) in [5.41, 5.74) is 2.73. The molecule has 0 bridgehead atoms. The van der Waals surface area contributed by atoms with E-state index < -0.39 is 0 Å². The number of rotatable bonds is 7. The third kappa shape index (κ3) is 8.71. The topological polar surface area (TPSA) is 40.1 Å². The van der Waals surface area contributed by atoms with E-state index in [0.717, 1.165) is 44.7 Å². The largest absolute Gasteiger partial charge is 0.381 e. The van der Waals surface area contributed by atoms with Crippen molar-refractivity contribution in [1.29, 1.82) is 0 Å². The van der Waals surface area contributed by atoms with Crippen LogP contribution in [-0.2, 0) is 17.8 Å². The molecule has 2 aliphatic heterocycles. The first-order valence-corrected chi connectivity index (χ1v) is 11.5. The molecule has 1 aromatic rings. The Balaban J connectivity index is 0.00000320. The van der Waals surface area contributed by atoms with Crippen molar-refractivity contribution in [3.05, 3.63) is 35.4 Å². The molecule has 0 radical (unpaired) electrons. The van der Waals surface area contributed by atoms with Gasteiger partial charge in [0.05, 0.1) is 0 Å². The molecule has 0 atom stereocenters. The second-order valence-electron chi connectivity index (χ2n) is 8.67. The van der Waals surface area contributed by atoms with Gasteiger partial charge < -0.3 is 15.0 Å². The van der Waals surface area contributed by atoms with Gasteiger partial charge in [0.25, 0.3) is 0 Å². The number of hydrogen-bond donors (Lipinski definition) is 1. The van der Waals surface area contributed by atoms with Gasteiger partial charge in [0, 0.05) is 46.9 Å². The highest BCUT2D eigenvalue weighted by molar-refractivity contribution is 14.0. The Morgan fingerprint density at radius 2 is 1.70 bits per heavy atom. The Morgan fingerprint density at radius 3 is 2.33 bits per heavy atom. The lowest BCUT2D eigenvalue weighted by molar-refractivity contribution is 0.0625. The molecule has 0 aliphatic carbocycles. The van der Waals surface area contributed by atoms with Crippen molar-refractivity contribution in [2.45, 2.75) is 58.0 Å². The highest BCUT2D eigenvalue weighted by Crippen LogP contribution is 2.18. The molecular weight excluding hydrogens is 487 g/mol. The van der Waals surface area contributed by atoms with Crippen LogP contribution in [0.15, 0.2) is 29.3 Å². The summed E-state index contributed by atoms with van der Waals surface area (Å²) in [6.07, 6.45) is 9.10. The molecule has 0 unspecified atom stereocenters. The number of halogens is 1. The van der Waals surface area contributed by atoms with Gasteiger partial charge in [-0.1, -0.05) is 37.1 Å². The Kier molecular flexibility index (Phi) is 12.1. The highest BCUT2D eigenvalue weighted by atomic mass is 127. The molecule has 0 spiro atoms. The monoisotopic (exact) mass is 528 g/mol. The Morgan fingerprint density at radius 1 is 1.07 bits per heavy atom. The van der Waals surface area contributed by atoms with Crippen molar-refractivity contribution >= 4 is 29.9 Å². The zero-order chi connectivity index (χ0) is 20.3. The molecule has 2 saturated heterocycles. The molecule has 3 rings (SSSR count). The van der Waals surface area contributed by atoms with Gasteiger partial charge >= 0.3 is 0 Å². The predicted molar refractivity (Wildman–Crippen MR) is 137 cm³/mol. The molecule has 0 aromatic heterocycles. The van der Waals surface area contributed by atoms with Crippen LogP contribution in [0.2, 0.25) is 0 Å². The summed E-state index contributed by atoms with van der Waals surface area (Å²) < 4.78 is 5.47. The van der Waals surface area contributed by atoms with E-state index in [1.807, 2.05) is 7.05 Å². The summed E-state index contributed by atoms with van der Waals surface area (Å²) in [6, 6.07) is 9.10. The van der Waals surface area contributed by atoms with Crippen LogP contribution >= 0.6 is 24.0 Å².